The Morgan fingerprint density at radius 3 is 2.53 bits per heavy atom. The molecule has 1 fully saturated rings. The fourth-order valence-corrected chi connectivity index (χ4v) is 3.15. The van der Waals surface area contributed by atoms with E-state index in [2.05, 4.69) is 44.3 Å². The van der Waals surface area contributed by atoms with E-state index < -0.39 is 0 Å². The fourth-order valence-electron chi connectivity index (χ4n) is 3.15. The maximum Gasteiger partial charge on any atom is 0.0872 e. The lowest BCUT2D eigenvalue weighted by atomic mass is 9.71. The van der Waals surface area contributed by atoms with Gasteiger partial charge in [0.2, 0.25) is 0 Å². The molecule has 1 unspecified atom stereocenters. The summed E-state index contributed by atoms with van der Waals surface area (Å²) in [6.45, 7) is 7.63. The molecule has 0 spiro atoms. The second-order valence-electron chi connectivity index (χ2n) is 5.87. The summed E-state index contributed by atoms with van der Waals surface area (Å²) in [4.78, 5) is 0. The molecule has 1 aliphatic rings. The Labute approximate surface area is 117 Å². The highest BCUT2D eigenvalue weighted by molar-refractivity contribution is 5.35. The van der Waals surface area contributed by atoms with Crippen LogP contribution >= 0.6 is 0 Å². The topological polar surface area (TPSA) is 21.3 Å². The fraction of sp³-hybridized carbons (Fsp3) is 0.647. The summed E-state index contributed by atoms with van der Waals surface area (Å²) < 4.78 is 5.91. The van der Waals surface area contributed by atoms with E-state index in [1.807, 2.05) is 7.11 Å². The number of nitrogens with one attached hydrogen (secondary N) is 1. The third kappa shape index (κ3) is 2.85. The minimum absolute atomic E-state index is 0.00912. The van der Waals surface area contributed by atoms with E-state index >= 15 is 0 Å². The molecule has 0 aromatic heterocycles. The third-order valence-electron chi connectivity index (χ3n) is 4.47. The number of methoxy groups -OCH3 is 1. The van der Waals surface area contributed by atoms with Crippen LogP contribution in [0.4, 0.5) is 0 Å². The van der Waals surface area contributed by atoms with Gasteiger partial charge in [-0.1, -0.05) is 30.7 Å². The maximum atomic E-state index is 5.91. The Kier molecular flexibility index (Phi) is 4.64. The molecule has 106 valence electrons. The van der Waals surface area contributed by atoms with Crippen molar-refractivity contribution in [3.63, 3.8) is 0 Å². The Hall–Kier alpha value is -0.860. The third-order valence-corrected chi connectivity index (χ3v) is 4.47. The Morgan fingerprint density at radius 1 is 1.32 bits per heavy atom. The van der Waals surface area contributed by atoms with Crippen molar-refractivity contribution < 1.29 is 4.74 Å². The molecule has 19 heavy (non-hydrogen) atoms. The van der Waals surface area contributed by atoms with Gasteiger partial charge in [-0.25, -0.2) is 0 Å². The second-order valence-corrected chi connectivity index (χ2v) is 5.87. The Balaban J connectivity index is 2.31. The molecular formula is C17H27NO. The molecular weight excluding hydrogens is 234 g/mol. The first-order valence-electron chi connectivity index (χ1n) is 7.48. The molecule has 0 radical (unpaired) electrons. The van der Waals surface area contributed by atoms with Gasteiger partial charge in [-0.05, 0) is 57.2 Å². The van der Waals surface area contributed by atoms with Crippen LogP contribution in [0, 0.1) is 13.8 Å². The molecule has 2 heteroatoms. The van der Waals surface area contributed by atoms with Crippen molar-refractivity contribution in [2.45, 2.75) is 58.1 Å². The lowest BCUT2D eigenvalue weighted by Gasteiger charge is -2.47. The summed E-state index contributed by atoms with van der Waals surface area (Å²) in [5, 5.41) is 3.71. The van der Waals surface area contributed by atoms with Crippen LogP contribution in [-0.2, 0) is 4.74 Å². The average molecular weight is 261 g/mol. The standard InChI is InChI=1S/C17H27NO/c1-5-11-18-16(17(19-4)9-6-10-17)15-8-7-13(2)12-14(15)3/h7-8,12,16,18H,5-6,9-11H2,1-4H3. The molecule has 1 N–H and O–H groups in total. The van der Waals surface area contributed by atoms with Crippen molar-refractivity contribution in [2.75, 3.05) is 13.7 Å². The molecule has 1 atom stereocenters. The van der Waals surface area contributed by atoms with Crippen LogP contribution in [0.2, 0.25) is 0 Å². The molecule has 2 nitrogen and oxygen atoms in total. The highest BCUT2D eigenvalue weighted by Gasteiger charge is 2.45. The van der Waals surface area contributed by atoms with Gasteiger partial charge in [0.15, 0.2) is 0 Å². The van der Waals surface area contributed by atoms with Crippen molar-refractivity contribution in [1.82, 2.24) is 5.32 Å². The molecule has 0 heterocycles. The van der Waals surface area contributed by atoms with E-state index in [0.29, 0.717) is 6.04 Å². The van der Waals surface area contributed by atoms with Gasteiger partial charge < -0.3 is 10.1 Å². The van der Waals surface area contributed by atoms with Gasteiger partial charge in [0.25, 0.3) is 0 Å². The van der Waals surface area contributed by atoms with Gasteiger partial charge in [-0.3, -0.25) is 0 Å². The smallest absolute Gasteiger partial charge is 0.0872 e. The number of hydrogen-bond donors (Lipinski definition) is 1. The van der Waals surface area contributed by atoms with E-state index in [1.54, 1.807) is 0 Å². The second kappa shape index (κ2) is 6.06. The first-order valence-corrected chi connectivity index (χ1v) is 7.48. The zero-order chi connectivity index (χ0) is 13.9. The van der Waals surface area contributed by atoms with Crippen molar-refractivity contribution >= 4 is 0 Å². The van der Waals surface area contributed by atoms with E-state index in [-0.39, 0.29) is 5.60 Å². The SMILES string of the molecule is CCCNC(c1ccc(C)cc1C)C1(OC)CCC1. The zero-order valence-electron chi connectivity index (χ0n) is 12.8. The summed E-state index contributed by atoms with van der Waals surface area (Å²) in [5.41, 5.74) is 4.11. The van der Waals surface area contributed by atoms with E-state index in [0.717, 1.165) is 25.8 Å². The van der Waals surface area contributed by atoms with Gasteiger partial charge in [-0.15, -0.1) is 0 Å². The lowest BCUT2D eigenvalue weighted by molar-refractivity contribution is -0.0998. The summed E-state index contributed by atoms with van der Waals surface area (Å²) in [5.74, 6) is 0. The quantitative estimate of drug-likeness (QED) is 0.838. The first kappa shape index (κ1) is 14.5. The molecule has 1 aromatic rings. The largest absolute Gasteiger partial charge is 0.376 e. The van der Waals surface area contributed by atoms with Crippen LogP contribution in [0.3, 0.4) is 0 Å². The number of hydrogen-bond acceptors (Lipinski definition) is 2. The van der Waals surface area contributed by atoms with Crippen LogP contribution in [0.15, 0.2) is 18.2 Å². The summed E-state index contributed by atoms with van der Waals surface area (Å²) in [7, 11) is 1.86. The van der Waals surface area contributed by atoms with Gasteiger partial charge >= 0.3 is 0 Å². The normalized spacial score (nSPS) is 18.9. The van der Waals surface area contributed by atoms with Gasteiger partial charge in [-0.2, -0.15) is 0 Å². The molecule has 0 amide bonds. The van der Waals surface area contributed by atoms with Crippen molar-refractivity contribution in [1.29, 1.82) is 0 Å². The summed E-state index contributed by atoms with van der Waals surface area (Å²) in [6.07, 6.45) is 4.76. The molecule has 0 bridgehead atoms. The zero-order valence-corrected chi connectivity index (χ0v) is 12.8. The number of benzene rings is 1. The summed E-state index contributed by atoms with van der Waals surface area (Å²) >= 11 is 0. The van der Waals surface area contributed by atoms with Gasteiger partial charge in [0, 0.05) is 7.11 Å². The van der Waals surface area contributed by atoms with E-state index in [4.69, 9.17) is 4.74 Å². The lowest BCUT2D eigenvalue weighted by Crippen LogP contribution is -2.51. The van der Waals surface area contributed by atoms with Crippen LogP contribution in [0.1, 0.15) is 55.3 Å². The molecule has 1 aliphatic carbocycles. The Morgan fingerprint density at radius 2 is 2.05 bits per heavy atom. The van der Waals surface area contributed by atoms with Crippen molar-refractivity contribution in [3.05, 3.63) is 34.9 Å². The predicted molar refractivity (Wildman–Crippen MR) is 80.5 cm³/mol. The Bertz CT molecular complexity index is 418. The average Bonchev–Trinajstić information content (AvgIpc) is 2.33. The van der Waals surface area contributed by atoms with Crippen molar-refractivity contribution in [3.8, 4) is 0 Å². The monoisotopic (exact) mass is 261 g/mol. The van der Waals surface area contributed by atoms with Crippen LogP contribution in [0.25, 0.3) is 0 Å². The minimum atomic E-state index is 0.00912. The maximum absolute atomic E-state index is 5.91. The predicted octanol–water partition coefficient (Wildman–Crippen LogP) is 3.91. The highest BCUT2D eigenvalue weighted by atomic mass is 16.5. The first-order chi connectivity index (χ1) is 9.13. The molecule has 2 rings (SSSR count). The molecule has 1 aromatic carbocycles. The van der Waals surface area contributed by atoms with Gasteiger partial charge in [0.05, 0.1) is 11.6 Å². The van der Waals surface area contributed by atoms with Crippen LogP contribution in [-0.4, -0.2) is 19.3 Å². The van der Waals surface area contributed by atoms with Crippen LogP contribution in [0.5, 0.6) is 0 Å². The number of aryl methyl sites for hydroxylation is 2. The summed E-state index contributed by atoms with van der Waals surface area (Å²) in [6, 6.07) is 7.09. The molecule has 0 saturated heterocycles. The molecule has 1 saturated carbocycles. The highest BCUT2D eigenvalue weighted by Crippen LogP contribution is 2.45. The molecule has 0 aliphatic heterocycles. The van der Waals surface area contributed by atoms with Crippen LogP contribution < -0.4 is 5.32 Å². The minimum Gasteiger partial charge on any atom is -0.376 e. The van der Waals surface area contributed by atoms with E-state index in [1.165, 1.54) is 23.1 Å². The van der Waals surface area contributed by atoms with E-state index in [9.17, 15) is 0 Å². The number of ether oxygens (including phenoxy) is 1. The van der Waals surface area contributed by atoms with Gasteiger partial charge in [0.1, 0.15) is 0 Å². The number of rotatable bonds is 6. The van der Waals surface area contributed by atoms with Crippen molar-refractivity contribution in [2.24, 2.45) is 0 Å².